The van der Waals surface area contributed by atoms with Crippen molar-refractivity contribution in [3.05, 3.63) is 34.9 Å². The molecule has 0 unspecified atom stereocenters. The summed E-state index contributed by atoms with van der Waals surface area (Å²) in [6.45, 7) is 7.82. The average Bonchev–Trinajstić information content (AvgIpc) is 2.46. The van der Waals surface area contributed by atoms with Crippen molar-refractivity contribution in [2.24, 2.45) is 0 Å². The highest BCUT2D eigenvalue weighted by Gasteiger charge is 2.22. The van der Waals surface area contributed by atoms with Crippen LogP contribution in [0.3, 0.4) is 0 Å². The van der Waals surface area contributed by atoms with Gasteiger partial charge in [0.1, 0.15) is 0 Å². The molecule has 0 saturated carbocycles. The highest BCUT2D eigenvalue weighted by atomic mass is 16.5. The summed E-state index contributed by atoms with van der Waals surface area (Å²) in [6, 6.07) is 6.16. The van der Waals surface area contributed by atoms with Gasteiger partial charge in [0.25, 0.3) is 0 Å². The first-order valence-corrected chi connectivity index (χ1v) is 7.45. The van der Waals surface area contributed by atoms with E-state index < -0.39 is 0 Å². The van der Waals surface area contributed by atoms with Crippen molar-refractivity contribution in [3.63, 3.8) is 0 Å². The van der Waals surface area contributed by atoms with E-state index in [9.17, 15) is 4.79 Å². The maximum atomic E-state index is 11.6. The van der Waals surface area contributed by atoms with Crippen LogP contribution >= 0.6 is 0 Å². The molecular weight excluding hydrogens is 250 g/mol. The zero-order valence-electron chi connectivity index (χ0n) is 12.8. The normalized spacial score (nSPS) is 17.4. The van der Waals surface area contributed by atoms with Gasteiger partial charge < -0.3 is 9.64 Å². The minimum absolute atomic E-state index is 0.168. The number of hydrogen-bond acceptors (Lipinski definition) is 3. The van der Waals surface area contributed by atoms with E-state index in [1.54, 1.807) is 14.0 Å². The van der Waals surface area contributed by atoms with E-state index in [1.807, 2.05) is 12.1 Å². The molecule has 0 amide bonds. The average molecular weight is 275 g/mol. The number of methoxy groups -OCH3 is 1. The van der Waals surface area contributed by atoms with Crippen LogP contribution in [0.15, 0.2) is 18.2 Å². The second kappa shape index (κ2) is 7.00. The SMILES string of the molecule is COCCN1CCC(c2cccc(C(C)=O)c2C)CC1. The minimum atomic E-state index is 0.168. The number of likely N-dealkylation sites (tertiary alicyclic amines) is 1. The molecule has 0 aliphatic carbocycles. The standard InChI is InChI=1S/C17H25NO2/c1-13-16(14(2)19)5-4-6-17(13)15-7-9-18(10-8-15)11-12-20-3/h4-6,15H,7-12H2,1-3H3. The van der Waals surface area contributed by atoms with E-state index in [0.29, 0.717) is 5.92 Å². The number of ketones is 1. The van der Waals surface area contributed by atoms with Crippen LogP contribution in [0.1, 0.15) is 47.2 Å². The first-order chi connectivity index (χ1) is 9.63. The molecular formula is C17H25NO2. The summed E-state index contributed by atoms with van der Waals surface area (Å²) >= 11 is 0. The van der Waals surface area contributed by atoms with E-state index in [2.05, 4.69) is 17.9 Å². The number of ether oxygens (including phenoxy) is 1. The zero-order valence-corrected chi connectivity index (χ0v) is 12.8. The van der Waals surface area contributed by atoms with Gasteiger partial charge in [-0.25, -0.2) is 0 Å². The van der Waals surface area contributed by atoms with Crippen molar-refractivity contribution in [1.29, 1.82) is 0 Å². The number of hydrogen-bond donors (Lipinski definition) is 0. The second-order valence-electron chi connectivity index (χ2n) is 5.68. The van der Waals surface area contributed by atoms with Crippen LogP contribution in [0, 0.1) is 6.92 Å². The topological polar surface area (TPSA) is 29.5 Å². The van der Waals surface area contributed by atoms with Crippen LogP contribution in [0.25, 0.3) is 0 Å². The van der Waals surface area contributed by atoms with Crippen molar-refractivity contribution in [2.75, 3.05) is 33.4 Å². The number of nitrogens with zero attached hydrogens (tertiary/aromatic N) is 1. The molecule has 1 fully saturated rings. The van der Waals surface area contributed by atoms with Crippen LogP contribution in [0.5, 0.6) is 0 Å². The van der Waals surface area contributed by atoms with Crippen LogP contribution in [0.2, 0.25) is 0 Å². The van der Waals surface area contributed by atoms with Gasteiger partial charge in [0.2, 0.25) is 0 Å². The van der Waals surface area contributed by atoms with E-state index in [-0.39, 0.29) is 5.78 Å². The van der Waals surface area contributed by atoms with E-state index in [1.165, 1.54) is 24.0 Å². The summed E-state index contributed by atoms with van der Waals surface area (Å²) in [4.78, 5) is 14.1. The summed E-state index contributed by atoms with van der Waals surface area (Å²) < 4.78 is 5.14. The van der Waals surface area contributed by atoms with Crippen LogP contribution in [-0.2, 0) is 4.74 Å². The van der Waals surface area contributed by atoms with Crippen molar-refractivity contribution in [1.82, 2.24) is 4.90 Å². The Balaban J connectivity index is 2.04. The molecule has 1 aliphatic rings. The van der Waals surface area contributed by atoms with Crippen LogP contribution < -0.4 is 0 Å². The Labute approximate surface area is 121 Å². The molecule has 1 aliphatic heterocycles. The number of carbonyl (C=O) groups is 1. The smallest absolute Gasteiger partial charge is 0.160 e. The van der Waals surface area contributed by atoms with Crippen molar-refractivity contribution >= 4 is 5.78 Å². The molecule has 0 aromatic heterocycles. The number of carbonyl (C=O) groups excluding carboxylic acids is 1. The molecule has 0 N–H and O–H groups in total. The van der Waals surface area contributed by atoms with E-state index in [4.69, 9.17) is 4.74 Å². The van der Waals surface area contributed by atoms with Gasteiger partial charge in [-0.15, -0.1) is 0 Å². The summed E-state index contributed by atoms with van der Waals surface area (Å²) in [5.74, 6) is 0.759. The largest absolute Gasteiger partial charge is 0.383 e. The maximum Gasteiger partial charge on any atom is 0.160 e. The van der Waals surface area contributed by atoms with Crippen LogP contribution in [-0.4, -0.2) is 44.0 Å². The van der Waals surface area contributed by atoms with E-state index >= 15 is 0 Å². The molecule has 1 heterocycles. The Kier molecular flexibility index (Phi) is 5.32. The number of piperidine rings is 1. The molecule has 20 heavy (non-hydrogen) atoms. The minimum Gasteiger partial charge on any atom is -0.383 e. The third-order valence-electron chi connectivity index (χ3n) is 4.39. The highest BCUT2D eigenvalue weighted by Crippen LogP contribution is 2.31. The lowest BCUT2D eigenvalue weighted by molar-refractivity contribution is 0.101. The molecule has 1 aromatic rings. The zero-order chi connectivity index (χ0) is 14.5. The Morgan fingerprint density at radius 3 is 2.65 bits per heavy atom. The Morgan fingerprint density at radius 1 is 1.35 bits per heavy atom. The number of rotatable bonds is 5. The molecule has 0 bridgehead atoms. The molecule has 3 nitrogen and oxygen atoms in total. The summed E-state index contributed by atoms with van der Waals surface area (Å²) in [6.07, 6.45) is 2.35. The Hall–Kier alpha value is -1.19. The van der Waals surface area contributed by atoms with Gasteiger partial charge >= 0.3 is 0 Å². The Morgan fingerprint density at radius 2 is 2.05 bits per heavy atom. The second-order valence-corrected chi connectivity index (χ2v) is 5.68. The lowest BCUT2D eigenvalue weighted by atomic mass is 9.85. The fraction of sp³-hybridized carbons (Fsp3) is 0.588. The van der Waals surface area contributed by atoms with Gasteiger partial charge in [-0.2, -0.15) is 0 Å². The first kappa shape index (κ1) is 15.2. The predicted octanol–water partition coefficient (Wildman–Crippen LogP) is 3.02. The van der Waals surface area contributed by atoms with Gasteiger partial charge in [-0.05, 0) is 56.8 Å². The highest BCUT2D eigenvalue weighted by molar-refractivity contribution is 5.95. The monoisotopic (exact) mass is 275 g/mol. The number of benzene rings is 1. The number of Topliss-reactive ketones (excluding diaryl/α,β-unsaturated/α-hetero) is 1. The van der Waals surface area contributed by atoms with Gasteiger partial charge in [0.05, 0.1) is 6.61 Å². The fourth-order valence-electron chi connectivity index (χ4n) is 3.17. The van der Waals surface area contributed by atoms with Crippen LogP contribution in [0.4, 0.5) is 0 Å². The molecule has 2 rings (SSSR count). The molecule has 110 valence electrons. The van der Waals surface area contributed by atoms with Crippen molar-refractivity contribution in [2.45, 2.75) is 32.6 Å². The van der Waals surface area contributed by atoms with Gasteiger partial charge in [-0.1, -0.05) is 18.2 Å². The lowest BCUT2D eigenvalue weighted by Crippen LogP contribution is -2.35. The Bertz CT molecular complexity index is 462. The van der Waals surface area contributed by atoms with Crippen molar-refractivity contribution < 1.29 is 9.53 Å². The third-order valence-corrected chi connectivity index (χ3v) is 4.39. The summed E-state index contributed by atoms with van der Waals surface area (Å²) in [5, 5.41) is 0. The summed E-state index contributed by atoms with van der Waals surface area (Å²) in [5.41, 5.74) is 3.42. The van der Waals surface area contributed by atoms with Gasteiger partial charge in [0, 0.05) is 19.2 Å². The predicted molar refractivity (Wildman–Crippen MR) is 81.5 cm³/mol. The third kappa shape index (κ3) is 3.47. The maximum absolute atomic E-state index is 11.6. The molecule has 0 spiro atoms. The van der Waals surface area contributed by atoms with Gasteiger partial charge in [0.15, 0.2) is 5.78 Å². The quantitative estimate of drug-likeness (QED) is 0.774. The molecule has 0 radical (unpaired) electrons. The molecule has 3 heteroatoms. The molecule has 0 atom stereocenters. The van der Waals surface area contributed by atoms with E-state index in [0.717, 1.165) is 31.8 Å². The lowest BCUT2D eigenvalue weighted by Gasteiger charge is -2.32. The molecule has 1 saturated heterocycles. The molecule has 1 aromatic carbocycles. The van der Waals surface area contributed by atoms with Crippen molar-refractivity contribution in [3.8, 4) is 0 Å². The first-order valence-electron chi connectivity index (χ1n) is 7.45. The summed E-state index contributed by atoms with van der Waals surface area (Å²) in [7, 11) is 1.75. The van der Waals surface area contributed by atoms with Gasteiger partial charge in [-0.3, -0.25) is 4.79 Å². The fourth-order valence-corrected chi connectivity index (χ4v) is 3.17.